The topological polar surface area (TPSA) is 63.0 Å². The summed E-state index contributed by atoms with van der Waals surface area (Å²) in [5, 5.41) is 2.94. The van der Waals surface area contributed by atoms with Gasteiger partial charge in [-0.05, 0) is 16.7 Å². The van der Waals surface area contributed by atoms with E-state index in [1.165, 1.54) is 0 Å². The Bertz CT molecular complexity index is 486. The highest BCUT2D eigenvalue weighted by Crippen LogP contribution is 2.68. The van der Waals surface area contributed by atoms with Gasteiger partial charge in [0.25, 0.3) is 0 Å². The molecule has 1 aliphatic carbocycles. The summed E-state index contributed by atoms with van der Waals surface area (Å²) in [5.41, 5.74) is 2.51. The fraction of sp³-hybridized carbons (Fsp3) is 0.615. The molecule has 0 radical (unpaired) electrons. The van der Waals surface area contributed by atoms with E-state index in [1.54, 1.807) is 0 Å². The van der Waals surface area contributed by atoms with Crippen molar-refractivity contribution in [3.8, 4) is 0 Å². The predicted octanol–water partition coefficient (Wildman–Crippen LogP) is 2.74. The Morgan fingerprint density at radius 3 is 2.16 bits per heavy atom. The number of anilines is 2. The van der Waals surface area contributed by atoms with Gasteiger partial charge < -0.3 is 10.7 Å². The summed E-state index contributed by atoms with van der Waals surface area (Å²) in [6.45, 7) is 9.32. The van der Waals surface area contributed by atoms with Crippen LogP contribution >= 0.6 is 0 Å². The molecular formula is C13H20F2N4. The second-order valence-electron chi connectivity index (χ2n) is 6.17. The van der Waals surface area contributed by atoms with Crippen molar-refractivity contribution in [2.24, 2.45) is 22.6 Å². The summed E-state index contributed by atoms with van der Waals surface area (Å²) >= 11 is 0. The van der Waals surface area contributed by atoms with Crippen LogP contribution in [0, 0.1) is 28.4 Å². The van der Waals surface area contributed by atoms with Crippen molar-refractivity contribution in [2.75, 3.05) is 17.3 Å². The second kappa shape index (κ2) is 4.30. The molecule has 0 amide bonds. The lowest BCUT2D eigenvalue weighted by atomic mass is 10.0. The van der Waals surface area contributed by atoms with Crippen molar-refractivity contribution in [2.45, 2.75) is 27.7 Å². The molecule has 4 N–H and O–H groups in total. The molecule has 1 aromatic heterocycles. The molecule has 1 fully saturated rings. The molecule has 0 unspecified atom stereocenters. The molecule has 1 aliphatic rings. The van der Waals surface area contributed by atoms with Gasteiger partial charge in [0.15, 0.2) is 23.3 Å². The number of nitrogens with one attached hydrogen (secondary N) is 2. The van der Waals surface area contributed by atoms with Gasteiger partial charge in [0.05, 0.1) is 0 Å². The predicted molar refractivity (Wildman–Crippen MR) is 71.5 cm³/mol. The molecule has 2 rings (SSSR count). The van der Waals surface area contributed by atoms with Crippen molar-refractivity contribution in [1.29, 1.82) is 0 Å². The molecule has 1 aromatic rings. The standard InChI is InChI=1S/C13H20F2N4/c1-12(2)9(13(12,3)4)6-17-10-7(14)5-8(15)11(18-10)19-16/h5,9H,6,16H2,1-4H3,(H2,17,18,19). The third-order valence-electron chi connectivity index (χ3n) is 4.86. The Labute approximate surface area is 111 Å². The Balaban J connectivity index is 2.09. The van der Waals surface area contributed by atoms with Crippen LogP contribution in [0.25, 0.3) is 0 Å². The summed E-state index contributed by atoms with van der Waals surface area (Å²) in [4.78, 5) is 3.79. The third kappa shape index (κ3) is 2.14. The smallest absolute Gasteiger partial charge is 0.178 e. The molecule has 1 saturated carbocycles. The van der Waals surface area contributed by atoms with E-state index in [9.17, 15) is 8.78 Å². The average Bonchev–Trinajstić information content (AvgIpc) is 2.69. The van der Waals surface area contributed by atoms with Gasteiger partial charge in [0, 0.05) is 12.6 Å². The average molecular weight is 270 g/mol. The first kappa shape index (κ1) is 14.0. The second-order valence-corrected chi connectivity index (χ2v) is 6.17. The van der Waals surface area contributed by atoms with E-state index >= 15 is 0 Å². The number of halogens is 2. The maximum absolute atomic E-state index is 13.6. The summed E-state index contributed by atoms with van der Waals surface area (Å²) in [5.74, 6) is 3.87. The van der Waals surface area contributed by atoms with Gasteiger partial charge in [0.1, 0.15) is 0 Å². The molecule has 0 aromatic carbocycles. The summed E-state index contributed by atoms with van der Waals surface area (Å²) < 4.78 is 26.8. The van der Waals surface area contributed by atoms with Crippen LogP contribution in [0.15, 0.2) is 6.07 Å². The maximum atomic E-state index is 13.6. The Kier molecular flexibility index (Phi) is 3.16. The monoisotopic (exact) mass is 270 g/mol. The van der Waals surface area contributed by atoms with Crippen LogP contribution in [0.2, 0.25) is 0 Å². The number of nitrogen functional groups attached to an aromatic ring is 1. The van der Waals surface area contributed by atoms with Crippen LogP contribution in [0.3, 0.4) is 0 Å². The van der Waals surface area contributed by atoms with Crippen LogP contribution in [0.4, 0.5) is 20.4 Å². The zero-order chi connectivity index (χ0) is 14.4. The normalized spacial score (nSPS) is 20.2. The van der Waals surface area contributed by atoms with Gasteiger partial charge in [0.2, 0.25) is 0 Å². The lowest BCUT2D eigenvalue weighted by molar-refractivity contribution is 0.457. The van der Waals surface area contributed by atoms with E-state index in [2.05, 4.69) is 43.4 Å². The SMILES string of the molecule is CC1(C)C(CNc2nc(NN)c(F)cc2F)C1(C)C. The van der Waals surface area contributed by atoms with E-state index in [1.807, 2.05) is 0 Å². The van der Waals surface area contributed by atoms with Crippen LogP contribution in [0.5, 0.6) is 0 Å². The van der Waals surface area contributed by atoms with Gasteiger partial charge in [-0.2, -0.15) is 0 Å². The minimum absolute atomic E-state index is 0.0212. The highest BCUT2D eigenvalue weighted by atomic mass is 19.1. The van der Waals surface area contributed by atoms with Crippen LogP contribution in [-0.4, -0.2) is 11.5 Å². The zero-order valence-corrected chi connectivity index (χ0v) is 11.6. The van der Waals surface area contributed by atoms with Gasteiger partial charge >= 0.3 is 0 Å². The largest absolute Gasteiger partial charge is 0.367 e. The number of hydrazine groups is 1. The Morgan fingerprint density at radius 1 is 1.16 bits per heavy atom. The lowest BCUT2D eigenvalue weighted by Crippen LogP contribution is -2.15. The van der Waals surface area contributed by atoms with Crippen molar-refractivity contribution >= 4 is 11.6 Å². The van der Waals surface area contributed by atoms with Crippen molar-refractivity contribution in [1.82, 2.24) is 4.98 Å². The molecule has 19 heavy (non-hydrogen) atoms. The number of hydrogen-bond acceptors (Lipinski definition) is 4. The Morgan fingerprint density at radius 2 is 1.68 bits per heavy atom. The minimum atomic E-state index is -0.808. The molecule has 0 atom stereocenters. The number of nitrogens with zero attached hydrogens (tertiary/aromatic N) is 1. The molecule has 6 heteroatoms. The molecule has 0 aliphatic heterocycles. The van der Waals surface area contributed by atoms with Gasteiger partial charge in [-0.15, -0.1) is 0 Å². The summed E-state index contributed by atoms with van der Waals surface area (Å²) in [7, 11) is 0. The van der Waals surface area contributed by atoms with E-state index < -0.39 is 11.6 Å². The molecule has 4 nitrogen and oxygen atoms in total. The fourth-order valence-corrected chi connectivity index (χ4v) is 2.73. The van der Waals surface area contributed by atoms with Crippen molar-refractivity contribution in [3.63, 3.8) is 0 Å². The molecule has 106 valence electrons. The molecular weight excluding hydrogens is 250 g/mol. The van der Waals surface area contributed by atoms with Gasteiger partial charge in [-0.3, -0.25) is 0 Å². The minimum Gasteiger partial charge on any atom is -0.367 e. The number of hydrogen-bond donors (Lipinski definition) is 3. The van der Waals surface area contributed by atoms with Gasteiger partial charge in [-0.25, -0.2) is 19.6 Å². The van der Waals surface area contributed by atoms with E-state index in [-0.39, 0.29) is 22.5 Å². The van der Waals surface area contributed by atoms with Crippen molar-refractivity contribution < 1.29 is 8.78 Å². The summed E-state index contributed by atoms with van der Waals surface area (Å²) in [6, 6.07) is 0.772. The highest BCUT2D eigenvalue weighted by Gasteiger charge is 2.64. The molecule has 0 bridgehead atoms. The number of nitrogens with two attached hydrogens (primary N) is 1. The number of aromatic nitrogens is 1. The number of rotatable bonds is 4. The molecule has 1 heterocycles. The Hall–Kier alpha value is -1.43. The van der Waals surface area contributed by atoms with E-state index in [4.69, 9.17) is 5.84 Å². The first-order valence-corrected chi connectivity index (χ1v) is 6.28. The number of pyridine rings is 1. The molecule has 0 spiro atoms. The van der Waals surface area contributed by atoms with Crippen molar-refractivity contribution in [3.05, 3.63) is 17.7 Å². The third-order valence-corrected chi connectivity index (χ3v) is 4.86. The lowest BCUT2D eigenvalue weighted by Gasteiger charge is -2.10. The fourth-order valence-electron chi connectivity index (χ4n) is 2.73. The molecule has 0 saturated heterocycles. The van der Waals surface area contributed by atoms with E-state index in [0.717, 1.165) is 6.07 Å². The first-order chi connectivity index (χ1) is 8.71. The zero-order valence-electron chi connectivity index (χ0n) is 11.6. The van der Waals surface area contributed by atoms with E-state index in [0.29, 0.717) is 12.5 Å². The highest BCUT2D eigenvalue weighted by molar-refractivity contribution is 5.47. The van der Waals surface area contributed by atoms with Crippen LogP contribution in [-0.2, 0) is 0 Å². The van der Waals surface area contributed by atoms with Crippen LogP contribution in [0.1, 0.15) is 27.7 Å². The van der Waals surface area contributed by atoms with Gasteiger partial charge in [-0.1, -0.05) is 27.7 Å². The van der Waals surface area contributed by atoms with Crippen LogP contribution < -0.4 is 16.6 Å². The first-order valence-electron chi connectivity index (χ1n) is 6.28. The summed E-state index contributed by atoms with van der Waals surface area (Å²) in [6.07, 6.45) is 0. The quantitative estimate of drug-likeness (QED) is 0.581. The maximum Gasteiger partial charge on any atom is 0.178 e.